The van der Waals surface area contributed by atoms with Crippen LogP contribution in [0.4, 0.5) is 0 Å². The molecule has 0 saturated carbocycles. The van der Waals surface area contributed by atoms with Gasteiger partial charge in [0, 0.05) is 0 Å². The zero-order chi connectivity index (χ0) is 13.5. The van der Waals surface area contributed by atoms with Crippen LogP contribution in [0, 0.1) is 17.3 Å². The number of ether oxygens (including phenoxy) is 1. The van der Waals surface area contributed by atoms with Crippen molar-refractivity contribution in [2.45, 2.75) is 53.9 Å². The molecule has 0 aromatic heterocycles. The van der Waals surface area contributed by atoms with Crippen LogP contribution in [0.15, 0.2) is 12.7 Å². The summed E-state index contributed by atoms with van der Waals surface area (Å²) in [5.41, 5.74) is -0.384. The first-order valence-corrected chi connectivity index (χ1v) is 6.63. The molecule has 0 fully saturated rings. The first-order chi connectivity index (χ1) is 7.83. The van der Waals surface area contributed by atoms with Crippen LogP contribution in [0.3, 0.4) is 0 Å². The van der Waals surface area contributed by atoms with Gasteiger partial charge in [0.15, 0.2) is 0 Å². The Labute approximate surface area is 106 Å². The highest BCUT2D eigenvalue weighted by Crippen LogP contribution is 2.28. The molecule has 2 heteroatoms. The van der Waals surface area contributed by atoms with Gasteiger partial charge in [0.1, 0.15) is 0 Å². The van der Waals surface area contributed by atoms with E-state index in [4.69, 9.17) is 4.74 Å². The molecule has 2 nitrogen and oxygen atoms in total. The van der Waals surface area contributed by atoms with Crippen molar-refractivity contribution in [2.75, 3.05) is 6.61 Å². The fraction of sp³-hybridized carbons (Fsp3) is 0.800. The van der Waals surface area contributed by atoms with Crippen LogP contribution in [0.1, 0.15) is 53.9 Å². The third-order valence-corrected chi connectivity index (χ3v) is 3.10. The second kappa shape index (κ2) is 7.52. The highest BCUT2D eigenvalue weighted by Gasteiger charge is 2.29. The number of carbonyl (C=O) groups excluding carboxylic acids is 1. The van der Waals surface area contributed by atoms with Gasteiger partial charge in [-0.15, -0.1) is 6.58 Å². The molecule has 0 aromatic carbocycles. The zero-order valence-electron chi connectivity index (χ0n) is 12.1. The first kappa shape index (κ1) is 16.2. The topological polar surface area (TPSA) is 26.3 Å². The van der Waals surface area contributed by atoms with Crippen molar-refractivity contribution in [3.8, 4) is 0 Å². The van der Waals surface area contributed by atoms with Crippen LogP contribution in [-0.2, 0) is 9.53 Å². The van der Waals surface area contributed by atoms with Gasteiger partial charge in [-0.3, -0.25) is 4.79 Å². The summed E-state index contributed by atoms with van der Waals surface area (Å²) < 4.78 is 5.30. The molecular weight excluding hydrogens is 212 g/mol. The normalized spacial score (nSPS) is 13.5. The number of rotatable bonds is 8. The Balaban J connectivity index is 4.16. The number of hydrogen-bond acceptors (Lipinski definition) is 2. The molecule has 0 rings (SSSR count). The number of carbonyl (C=O) groups is 1. The lowest BCUT2D eigenvalue weighted by atomic mass is 9.84. The molecule has 0 amide bonds. The molecule has 1 atom stereocenters. The average molecular weight is 240 g/mol. The Morgan fingerprint density at radius 1 is 1.41 bits per heavy atom. The van der Waals surface area contributed by atoms with Crippen LogP contribution in [-0.4, -0.2) is 12.6 Å². The molecule has 0 heterocycles. The highest BCUT2D eigenvalue weighted by atomic mass is 16.5. The lowest BCUT2D eigenvalue weighted by Gasteiger charge is -2.24. The Morgan fingerprint density at radius 3 is 2.41 bits per heavy atom. The van der Waals surface area contributed by atoms with Gasteiger partial charge in [-0.1, -0.05) is 26.8 Å². The van der Waals surface area contributed by atoms with E-state index >= 15 is 0 Å². The molecule has 1 unspecified atom stereocenters. The summed E-state index contributed by atoms with van der Waals surface area (Å²) in [5, 5.41) is 0. The van der Waals surface area contributed by atoms with Crippen LogP contribution < -0.4 is 0 Å². The van der Waals surface area contributed by atoms with Crippen LogP contribution in [0.5, 0.6) is 0 Å². The van der Waals surface area contributed by atoms with Crippen molar-refractivity contribution in [1.29, 1.82) is 0 Å². The molecule has 100 valence electrons. The Hall–Kier alpha value is -0.790. The Bertz CT molecular complexity index is 241. The third-order valence-electron chi connectivity index (χ3n) is 3.10. The predicted octanol–water partition coefficient (Wildman–Crippen LogP) is 4.20. The SMILES string of the molecule is C=CC(CC)CCC(C)(C)C(=O)OCC(C)C. The van der Waals surface area contributed by atoms with E-state index in [1.165, 1.54) is 0 Å². The van der Waals surface area contributed by atoms with Crippen LogP contribution in [0.2, 0.25) is 0 Å². The van der Waals surface area contributed by atoms with E-state index < -0.39 is 0 Å². The van der Waals surface area contributed by atoms with Gasteiger partial charge in [0.05, 0.1) is 12.0 Å². The zero-order valence-corrected chi connectivity index (χ0v) is 12.1. The summed E-state index contributed by atoms with van der Waals surface area (Å²) in [4.78, 5) is 11.9. The summed E-state index contributed by atoms with van der Waals surface area (Å²) in [5.74, 6) is 0.823. The minimum absolute atomic E-state index is 0.0786. The van der Waals surface area contributed by atoms with Gasteiger partial charge in [-0.05, 0) is 44.9 Å². The monoisotopic (exact) mass is 240 g/mol. The molecule has 0 aliphatic rings. The molecule has 0 saturated heterocycles. The Kier molecular flexibility index (Phi) is 7.17. The van der Waals surface area contributed by atoms with Crippen molar-refractivity contribution < 1.29 is 9.53 Å². The van der Waals surface area contributed by atoms with E-state index in [1.807, 2.05) is 33.8 Å². The van der Waals surface area contributed by atoms with Crippen molar-refractivity contribution in [1.82, 2.24) is 0 Å². The fourth-order valence-corrected chi connectivity index (χ4v) is 1.57. The second-order valence-corrected chi connectivity index (χ2v) is 5.82. The van der Waals surface area contributed by atoms with E-state index in [0.29, 0.717) is 18.4 Å². The maximum Gasteiger partial charge on any atom is 0.311 e. The van der Waals surface area contributed by atoms with Gasteiger partial charge < -0.3 is 4.74 Å². The van der Waals surface area contributed by atoms with Crippen molar-refractivity contribution >= 4 is 5.97 Å². The van der Waals surface area contributed by atoms with Gasteiger partial charge in [-0.2, -0.15) is 0 Å². The fourth-order valence-electron chi connectivity index (χ4n) is 1.57. The second-order valence-electron chi connectivity index (χ2n) is 5.82. The molecule has 0 spiro atoms. The average Bonchev–Trinajstić information content (AvgIpc) is 2.27. The highest BCUT2D eigenvalue weighted by molar-refractivity contribution is 5.75. The number of esters is 1. The summed E-state index contributed by atoms with van der Waals surface area (Å²) >= 11 is 0. The number of allylic oxidation sites excluding steroid dienone is 1. The minimum Gasteiger partial charge on any atom is -0.465 e. The van der Waals surface area contributed by atoms with Gasteiger partial charge in [-0.25, -0.2) is 0 Å². The van der Waals surface area contributed by atoms with E-state index in [2.05, 4.69) is 13.5 Å². The maximum atomic E-state index is 11.9. The summed E-state index contributed by atoms with van der Waals surface area (Å²) in [6.07, 6.45) is 4.92. The Morgan fingerprint density at radius 2 is 2.00 bits per heavy atom. The molecule has 0 N–H and O–H groups in total. The van der Waals surface area contributed by atoms with E-state index in [-0.39, 0.29) is 11.4 Å². The summed E-state index contributed by atoms with van der Waals surface area (Å²) in [6.45, 7) is 14.5. The number of hydrogen-bond donors (Lipinski definition) is 0. The van der Waals surface area contributed by atoms with E-state index in [0.717, 1.165) is 19.3 Å². The van der Waals surface area contributed by atoms with Gasteiger partial charge >= 0.3 is 5.97 Å². The summed E-state index contributed by atoms with van der Waals surface area (Å²) in [6, 6.07) is 0. The van der Waals surface area contributed by atoms with Gasteiger partial charge in [0.2, 0.25) is 0 Å². The standard InChI is InChI=1S/C15H28O2/c1-7-13(8-2)9-10-15(5,6)14(16)17-11-12(3)4/h7,12-13H,1,8-11H2,2-6H3. The van der Waals surface area contributed by atoms with Crippen molar-refractivity contribution in [2.24, 2.45) is 17.3 Å². The van der Waals surface area contributed by atoms with Crippen LogP contribution >= 0.6 is 0 Å². The van der Waals surface area contributed by atoms with Crippen LogP contribution in [0.25, 0.3) is 0 Å². The predicted molar refractivity (Wildman–Crippen MR) is 72.8 cm³/mol. The molecule has 0 bridgehead atoms. The lowest BCUT2D eigenvalue weighted by molar-refractivity contribution is -0.155. The van der Waals surface area contributed by atoms with Crippen molar-refractivity contribution in [3.05, 3.63) is 12.7 Å². The molecular formula is C15H28O2. The molecule has 0 aliphatic heterocycles. The van der Waals surface area contributed by atoms with Crippen molar-refractivity contribution in [3.63, 3.8) is 0 Å². The molecule has 17 heavy (non-hydrogen) atoms. The largest absolute Gasteiger partial charge is 0.465 e. The lowest BCUT2D eigenvalue weighted by Crippen LogP contribution is -2.28. The minimum atomic E-state index is -0.384. The van der Waals surface area contributed by atoms with E-state index in [9.17, 15) is 4.79 Å². The third kappa shape index (κ3) is 6.50. The molecule has 0 aliphatic carbocycles. The first-order valence-electron chi connectivity index (χ1n) is 6.63. The smallest absolute Gasteiger partial charge is 0.311 e. The van der Waals surface area contributed by atoms with Gasteiger partial charge in [0.25, 0.3) is 0 Å². The quantitative estimate of drug-likeness (QED) is 0.469. The summed E-state index contributed by atoms with van der Waals surface area (Å²) in [7, 11) is 0. The molecule has 0 radical (unpaired) electrons. The van der Waals surface area contributed by atoms with E-state index in [1.54, 1.807) is 0 Å². The molecule has 0 aromatic rings. The maximum absolute atomic E-state index is 11.9.